The number of nitrogens with zero attached hydrogens (tertiary/aromatic N) is 5. The van der Waals surface area contributed by atoms with Crippen LogP contribution in [-0.4, -0.2) is 46.9 Å². The van der Waals surface area contributed by atoms with E-state index in [1.54, 1.807) is 0 Å². The molecule has 0 aliphatic carbocycles. The second kappa shape index (κ2) is 5.38. The summed E-state index contributed by atoms with van der Waals surface area (Å²) >= 11 is 0. The maximum atomic E-state index is 11.4. The Morgan fingerprint density at radius 2 is 2.16 bits per heavy atom. The van der Waals surface area contributed by atoms with Gasteiger partial charge in [-0.3, -0.25) is 9.55 Å². The van der Waals surface area contributed by atoms with E-state index in [9.17, 15) is 8.42 Å². The van der Waals surface area contributed by atoms with E-state index >= 15 is 0 Å². The smallest absolute Gasteiger partial charge is 0.273 e. The highest BCUT2D eigenvalue weighted by Crippen LogP contribution is 2.16. The lowest BCUT2D eigenvalue weighted by Gasteiger charge is -2.07. The lowest BCUT2D eigenvalue weighted by atomic mass is 10.4. The molecule has 2 aromatic rings. The fourth-order valence-electron chi connectivity index (χ4n) is 1.49. The van der Waals surface area contributed by atoms with Crippen molar-refractivity contribution < 1.29 is 13.2 Å². The van der Waals surface area contributed by atoms with Crippen LogP contribution in [0.1, 0.15) is 0 Å². The van der Waals surface area contributed by atoms with Crippen LogP contribution in [0.5, 0.6) is 0 Å². The summed E-state index contributed by atoms with van der Waals surface area (Å²) in [6, 6.07) is 0. The highest BCUT2D eigenvalue weighted by molar-refractivity contribution is 7.89. The summed E-state index contributed by atoms with van der Waals surface area (Å²) in [6.07, 6.45) is 4.43. The largest absolute Gasteiger partial charge is 0.383 e. The first-order valence-corrected chi connectivity index (χ1v) is 6.80. The highest BCUT2D eigenvalue weighted by Gasteiger charge is 2.22. The maximum absolute atomic E-state index is 11.4. The zero-order chi connectivity index (χ0) is 13.9. The van der Waals surface area contributed by atoms with E-state index in [4.69, 9.17) is 9.88 Å². The standard InChI is InChI=1S/C9H12N6O3S/c1-18-5-4-15-8(7-6-11-2-3-12-7)13-14-9(15)19(10,16)17/h2-3,6H,4-5H2,1H3,(H2,10,16,17). The Hall–Kier alpha value is -1.91. The van der Waals surface area contributed by atoms with Crippen molar-refractivity contribution in [2.24, 2.45) is 5.14 Å². The fourth-order valence-corrected chi connectivity index (χ4v) is 2.13. The van der Waals surface area contributed by atoms with Crippen LogP contribution in [-0.2, 0) is 21.3 Å². The maximum Gasteiger partial charge on any atom is 0.273 e. The minimum atomic E-state index is -3.97. The molecule has 0 bridgehead atoms. The number of nitrogens with two attached hydrogens (primary N) is 1. The van der Waals surface area contributed by atoms with Crippen LogP contribution in [0, 0.1) is 0 Å². The molecule has 0 amide bonds. The SMILES string of the molecule is COCCn1c(-c2cnccn2)nnc1S(N)(=O)=O. The minimum Gasteiger partial charge on any atom is -0.383 e. The van der Waals surface area contributed by atoms with Gasteiger partial charge in [0.05, 0.1) is 19.3 Å². The lowest BCUT2D eigenvalue weighted by molar-refractivity contribution is 0.185. The molecule has 0 spiro atoms. The van der Waals surface area contributed by atoms with Gasteiger partial charge in [-0.25, -0.2) is 18.5 Å². The third kappa shape index (κ3) is 2.92. The molecule has 0 unspecified atom stereocenters. The van der Waals surface area contributed by atoms with Crippen LogP contribution in [0.4, 0.5) is 0 Å². The predicted molar refractivity (Wildman–Crippen MR) is 64.3 cm³/mol. The molecule has 0 aromatic carbocycles. The van der Waals surface area contributed by atoms with Crippen LogP contribution in [0.25, 0.3) is 11.5 Å². The van der Waals surface area contributed by atoms with Crippen LogP contribution in [0.15, 0.2) is 23.7 Å². The average molecular weight is 284 g/mol. The van der Waals surface area contributed by atoms with Gasteiger partial charge < -0.3 is 4.74 Å². The van der Waals surface area contributed by atoms with Gasteiger partial charge in [-0.15, -0.1) is 10.2 Å². The monoisotopic (exact) mass is 284 g/mol. The van der Waals surface area contributed by atoms with E-state index in [2.05, 4.69) is 20.2 Å². The second-order valence-electron chi connectivity index (χ2n) is 3.59. The van der Waals surface area contributed by atoms with Gasteiger partial charge in [-0.2, -0.15) is 0 Å². The number of primary sulfonamides is 1. The van der Waals surface area contributed by atoms with E-state index in [0.29, 0.717) is 5.69 Å². The van der Waals surface area contributed by atoms with Gasteiger partial charge in [-0.05, 0) is 0 Å². The number of hydrogen-bond acceptors (Lipinski definition) is 7. The van der Waals surface area contributed by atoms with Crippen molar-refractivity contribution in [3.05, 3.63) is 18.6 Å². The first-order chi connectivity index (χ1) is 9.04. The predicted octanol–water partition coefficient (Wildman–Crippen LogP) is -0.971. The van der Waals surface area contributed by atoms with Crippen molar-refractivity contribution in [2.75, 3.05) is 13.7 Å². The lowest BCUT2D eigenvalue weighted by Crippen LogP contribution is -2.20. The number of hydrogen-bond donors (Lipinski definition) is 1. The summed E-state index contributed by atoms with van der Waals surface area (Å²) in [5, 5.41) is 12.2. The summed E-state index contributed by atoms with van der Waals surface area (Å²) in [4.78, 5) is 7.95. The van der Waals surface area contributed by atoms with Crippen molar-refractivity contribution in [1.82, 2.24) is 24.7 Å². The van der Waals surface area contributed by atoms with Crippen molar-refractivity contribution in [3.8, 4) is 11.5 Å². The Morgan fingerprint density at radius 1 is 1.37 bits per heavy atom. The van der Waals surface area contributed by atoms with E-state index in [1.807, 2.05) is 0 Å². The molecule has 19 heavy (non-hydrogen) atoms. The van der Waals surface area contributed by atoms with Gasteiger partial charge in [0.2, 0.25) is 0 Å². The molecule has 0 saturated heterocycles. The Balaban J connectivity index is 2.53. The molecule has 2 aromatic heterocycles. The zero-order valence-corrected chi connectivity index (χ0v) is 10.9. The molecule has 2 heterocycles. The van der Waals surface area contributed by atoms with Crippen LogP contribution < -0.4 is 5.14 Å². The van der Waals surface area contributed by atoms with Crippen molar-refractivity contribution in [2.45, 2.75) is 11.7 Å². The van der Waals surface area contributed by atoms with E-state index < -0.39 is 10.0 Å². The van der Waals surface area contributed by atoms with Crippen molar-refractivity contribution >= 4 is 10.0 Å². The summed E-state index contributed by atoms with van der Waals surface area (Å²) in [7, 11) is -2.46. The quantitative estimate of drug-likeness (QED) is 0.748. The van der Waals surface area contributed by atoms with Gasteiger partial charge in [0, 0.05) is 19.5 Å². The highest BCUT2D eigenvalue weighted by atomic mass is 32.2. The number of ether oxygens (including phenoxy) is 1. The van der Waals surface area contributed by atoms with Gasteiger partial charge in [0.1, 0.15) is 5.69 Å². The molecule has 2 N–H and O–H groups in total. The second-order valence-corrected chi connectivity index (χ2v) is 5.04. The molecule has 0 aliphatic heterocycles. The molecule has 9 nitrogen and oxygen atoms in total. The Labute approximate surface area is 109 Å². The van der Waals surface area contributed by atoms with Crippen molar-refractivity contribution in [3.63, 3.8) is 0 Å². The minimum absolute atomic E-state index is 0.237. The van der Waals surface area contributed by atoms with E-state index in [1.165, 1.54) is 30.3 Å². The number of sulfonamides is 1. The molecular formula is C9H12N6O3S. The number of rotatable bonds is 5. The first kappa shape index (κ1) is 13.5. The zero-order valence-electron chi connectivity index (χ0n) is 10.1. The van der Waals surface area contributed by atoms with Crippen molar-refractivity contribution in [1.29, 1.82) is 0 Å². The number of methoxy groups -OCH3 is 1. The third-order valence-corrected chi connectivity index (χ3v) is 3.09. The molecule has 0 fully saturated rings. The van der Waals surface area contributed by atoms with Crippen LogP contribution >= 0.6 is 0 Å². The third-order valence-electron chi connectivity index (χ3n) is 2.28. The van der Waals surface area contributed by atoms with E-state index in [-0.39, 0.29) is 24.1 Å². The first-order valence-electron chi connectivity index (χ1n) is 5.25. The summed E-state index contributed by atoms with van der Waals surface area (Å²) in [5.41, 5.74) is 0.404. The topological polar surface area (TPSA) is 126 Å². The van der Waals surface area contributed by atoms with Gasteiger partial charge in [0.15, 0.2) is 5.82 Å². The normalized spacial score (nSPS) is 11.7. The van der Waals surface area contributed by atoms with Gasteiger partial charge in [0.25, 0.3) is 15.2 Å². The van der Waals surface area contributed by atoms with Crippen LogP contribution in [0.3, 0.4) is 0 Å². The fraction of sp³-hybridized carbons (Fsp3) is 0.333. The molecular weight excluding hydrogens is 272 g/mol. The molecule has 0 aliphatic rings. The van der Waals surface area contributed by atoms with Gasteiger partial charge >= 0.3 is 0 Å². The summed E-state index contributed by atoms with van der Waals surface area (Å²) in [5.74, 6) is 0.272. The van der Waals surface area contributed by atoms with E-state index in [0.717, 1.165) is 0 Å². The summed E-state index contributed by atoms with van der Waals surface area (Å²) in [6.45, 7) is 0.523. The molecule has 2 rings (SSSR count). The number of aromatic nitrogens is 5. The molecule has 0 atom stereocenters. The molecule has 10 heteroatoms. The molecule has 102 valence electrons. The Bertz CT molecular complexity index is 654. The van der Waals surface area contributed by atoms with Gasteiger partial charge in [-0.1, -0.05) is 0 Å². The molecule has 0 saturated carbocycles. The molecule has 0 radical (unpaired) electrons. The average Bonchev–Trinajstić information content (AvgIpc) is 2.81. The summed E-state index contributed by atoms with van der Waals surface area (Å²) < 4.78 is 29.1. The Morgan fingerprint density at radius 3 is 2.74 bits per heavy atom. The van der Waals surface area contributed by atoms with Crippen LogP contribution in [0.2, 0.25) is 0 Å². The Kier molecular flexibility index (Phi) is 3.83.